The highest BCUT2D eigenvalue weighted by molar-refractivity contribution is 5.11. The van der Waals surface area contributed by atoms with Crippen molar-refractivity contribution in [2.24, 2.45) is 5.92 Å². The number of nitrogens with one attached hydrogen (secondary N) is 1. The van der Waals surface area contributed by atoms with Crippen molar-refractivity contribution in [1.82, 2.24) is 10.3 Å². The molecular weight excluding hydrogens is 184 g/mol. The number of rotatable bonds is 6. The lowest BCUT2D eigenvalue weighted by Crippen LogP contribution is -2.22. The lowest BCUT2D eigenvalue weighted by Gasteiger charge is -2.12. The summed E-state index contributed by atoms with van der Waals surface area (Å²) in [5.41, 5.74) is 2.35. The van der Waals surface area contributed by atoms with Crippen LogP contribution in [0.3, 0.4) is 0 Å². The van der Waals surface area contributed by atoms with Crippen molar-refractivity contribution in [3.63, 3.8) is 0 Å². The normalized spacial score (nSPS) is 10.9. The van der Waals surface area contributed by atoms with Gasteiger partial charge in [0.25, 0.3) is 0 Å². The van der Waals surface area contributed by atoms with Gasteiger partial charge < -0.3 is 5.32 Å². The van der Waals surface area contributed by atoms with E-state index in [1.165, 1.54) is 18.4 Å². The maximum atomic E-state index is 4.36. The highest BCUT2D eigenvalue weighted by Gasteiger charge is 2.02. The summed E-state index contributed by atoms with van der Waals surface area (Å²) in [4.78, 5) is 4.36. The maximum absolute atomic E-state index is 4.36. The molecule has 0 fully saturated rings. The Bertz CT molecular complexity index is 262. The molecule has 0 saturated heterocycles. The smallest absolute Gasteiger partial charge is 0.0541 e. The predicted molar refractivity (Wildman–Crippen MR) is 64.8 cm³/mol. The number of hydrogen-bond donors (Lipinski definition) is 1. The fraction of sp³-hybridized carbons (Fsp3) is 0.615. The van der Waals surface area contributed by atoms with Crippen LogP contribution in [0, 0.1) is 12.8 Å². The van der Waals surface area contributed by atoms with E-state index in [1.807, 2.05) is 6.20 Å². The molecule has 0 radical (unpaired) electrons. The second kappa shape index (κ2) is 6.57. The topological polar surface area (TPSA) is 24.9 Å². The molecule has 0 aliphatic heterocycles. The van der Waals surface area contributed by atoms with Crippen LogP contribution in [0.25, 0.3) is 0 Å². The molecule has 1 N–H and O–H groups in total. The van der Waals surface area contributed by atoms with Gasteiger partial charge in [0.05, 0.1) is 5.69 Å². The van der Waals surface area contributed by atoms with Crippen LogP contribution in [-0.2, 0) is 6.54 Å². The van der Waals surface area contributed by atoms with Crippen LogP contribution < -0.4 is 5.32 Å². The molecule has 0 spiro atoms. The number of nitrogens with zero attached hydrogens (tertiary/aromatic N) is 1. The molecule has 0 aliphatic rings. The van der Waals surface area contributed by atoms with Crippen molar-refractivity contribution in [2.75, 3.05) is 6.54 Å². The van der Waals surface area contributed by atoms with Gasteiger partial charge in [-0.3, -0.25) is 4.98 Å². The third kappa shape index (κ3) is 4.43. The molecule has 0 unspecified atom stereocenters. The van der Waals surface area contributed by atoms with E-state index in [-0.39, 0.29) is 0 Å². The van der Waals surface area contributed by atoms with E-state index in [2.05, 4.69) is 43.2 Å². The second-order valence-corrected chi connectivity index (χ2v) is 4.14. The number of aromatic nitrogens is 1. The average molecular weight is 206 g/mol. The van der Waals surface area contributed by atoms with Crippen LogP contribution in [0.5, 0.6) is 0 Å². The lowest BCUT2D eigenvalue weighted by atomic mass is 10.0. The fourth-order valence-corrected chi connectivity index (χ4v) is 1.58. The first-order chi connectivity index (χ1) is 7.26. The third-order valence-electron chi connectivity index (χ3n) is 2.87. The molecule has 0 aliphatic carbocycles. The van der Waals surface area contributed by atoms with E-state index >= 15 is 0 Å². The summed E-state index contributed by atoms with van der Waals surface area (Å²) in [6.07, 6.45) is 4.43. The van der Waals surface area contributed by atoms with E-state index in [1.54, 1.807) is 0 Å². The lowest BCUT2D eigenvalue weighted by molar-refractivity contribution is 0.448. The Labute approximate surface area is 93.1 Å². The summed E-state index contributed by atoms with van der Waals surface area (Å²) >= 11 is 0. The molecule has 0 aromatic carbocycles. The molecular formula is C13H22N2. The van der Waals surface area contributed by atoms with E-state index < -0.39 is 0 Å². The Morgan fingerprint density at radius 3 is 2.53 bits per heavy atom. The van der Waals surface area contributed by atoms with Crippen molar-refractivity contribution in [2.45, 2.75) is 40.2 Å². The highest BCUT2D eigenvalue weighted by atomic mass is 14.9. The molecule has 84 valence electrons. The first kappa shape index (κ1) is 12.2. The molecule has 1 heterocycles. The molecule has 2 heteroatoms. The summed E-state index contributed by atoms with van der Waals surface area (Å²) in [5, 5.41) is 3.46. The molecule has 15 heavy (non-hydrogen) atoms. The molecule has 0 bridgehead atoms. The largest absolute Gasteiger partial charge is 0.311 e. The van der Waals surface area contributed by atoms with Gasteiger partial charge in [-0.15, -0.1) is 0 Å². The SMILES string of the molecule is CCC(CC)CNCc1ccc(C)cn1. The van der Waals surface area contributed by atoms with Gasteiger partial charge in [0.1, 0.15) is 0 Å². The van der Waals surface area contributed by atoms with Crippen molar-refractivity contribution < 1.29 is 0 Å². The average Bonchev–Trinajstić information content (AvgIpc) is 2.27. The Hall–Kier alpha value is -0.890. The van der Waals surface area contributed by atoms with Crippen LogP contribution in [0.15, 0.2) is 18.3 Å². The van der Waals surface area contributed by atoms with Gasteiger partial charge in [0.2, 0.25) is 0 Å². The monoisotopic (exact) mass is 206 g/mol. The van der Waals surface area contributed by atoms with Gasteiger partial charge >= 0.3 is 0 Å². The van der Waals surface area contributed by atoms with E-state index in [4.69, 9.17) is 0 Å². The molecule has 0 amide bonds. The fourth-order valence-electron chi connectivity index (χ4n) is 1.58. The first-order valence-electron chi connectivity index (χ1n) is 5.88. The standard InChI is InChI=1S/C13H22N2/c1-4-12(5-2)9-14-10-13-7-6-11(3)8-15-13/h6-8,12,14H,4-5,9-10H2,1-3H3. The predicted octanol–water partition coefficient (Wildman–Crippen LogP) is 2.92. The van der Waals surface area contributed by atoms with Gasteiger partial charge in [-0.25, -0.2) is 0 Å². The van der Waals surface area contributed by atoms with E-state index in [9.17, 15) is 0 Å². The van der Waals surface area contributed by atoms with Gasteiger partial charge in [0.15, 0.2) is 0 Å². The minimum Gasteiger partial charge on any atom is -0.311 e. The number of aryl methyl sites for hydroxylation is 1. The van der Waals surface area contributed by atoms with E-state index in [0.29, 0.717) is 0 Å². The molecule has 0 saturated carbocycles. The van der Waals surface area contributed by atoms with Crippen molar-refractivity contribution >= 4 is 0 Å². The van der Waals surface area contributed by atoms with Crippen LogP contribution in [-0.4, -0.2) is 11.5 Å². The van der Waals surface area contributed by atoms with Crippen LogP contribution in [0.2, 0.25) is 0 Å². The zero-order valence-electron chi connectivity index (χ0n) is 10.1. The van der Waals surface area contributed by atoms with Crippen molar-refractivity contribution in [3.8, 4) is 0 Å². The molecule has 1 aromatic heterocycles. The Kier molecular flexibility index (Phi) is 5.33. The zero-order valence-corrected chi connectivity index (χ0v) is 10.1. The van der Waals surface area contributed by atoms with Crippen LogP contribution in [0.1, 0.15) is 37.9 Å². The van der Waals surface area contributed by atoms with E-state index in [0.717, 1.165) is 24.7 Å². The van der Waals surface area contributed by atoms with Crippen molar-refractivity contribution in [1.29, 1.82) is 0 Å². The minimum atomic E-state index is 0.801. The Morgan fingerprint density at radius 1 is 1.27 bits per heavy atom. The molecule has 1 aromatic rings. The second-order valence-electron chi connectivity index (χ2n) is 4.14. The summed E-state index contributed by atoms with van der Waals surface area (Å²) in [5.74, 6) is 0.801. The molecule has 1 rings (SSSR count). The summed E-state index contributed by atoms with van der Waals surface area (Å²) < 4.78 is 0. The minimum absolute atomic E-state index is 0.801. The number of pyridine rings is 1. The van der Waals surface area contributed by atoms with Crippen LogP contribution >= 0.6 is 0 Å². The van der Waals surface area contributed by atoms with Crippen LogP contribution in [0.4, 0.5) is 0 Å². The van der Waals surface area contributed by atoms with Gasteiger partial charge in [-0.05, 0) is 31.0 Å². The van der Waals surface area contributed by atoms with Gasteiger partial charge in [0, 0.05) is 12.7 Å². The Morgan fingerprint density at radius 2 is 2.00 bits per heavy atom. The van der Waals surface area contributed by atoms with Gasteiger partial charge in [-0.1, -0.05) is 32.8 Å². The number of hydrogen-bond acceptors (Lipinski definition) is 2. The van der Waals surface area contributed by atoms with Gasteiger partial charge in [-0.2, -0.15) is 0 Å². The summed E-state index contributed by atoms with van der Waals surface area (Å²) in [6, 6.07) is 4.20. The summed E-state index contributed by atoms with van der Waals surface area (Å²) in [7, 11) is 0. The Balaban J connectivity index is 2.28. The summed E-state index contributed by atoms with van der Waals surface area (Å²) in [6.45, 7) is 8.55. The zero-order chi connectivity index (χ0) is 11.1. The maximum Gasteiger partial charge on any atom is 0.0541 e. The quantitative estimate of drug-likeness (QED) is 0.774. The van der Waals surface area contributed by atoms with Crippen molar-refractivity contribution in [3.05, 3.63) is 29.6 Å². The highest BCUT2D eigenvalue weighted by Crippen LogP contribution is 2.05. The molecule has 0 atom stereocenters. The third-order valence-corrected chi connectivity index (χ3v) is 2.87. The molecule has 2 nitrogen and oxygen atoms in total. The first-order valence-corrected chi connectivity index (χ1v) is 5.88.